The van der Waals surface area contributed by atoms with E-state index in [1.54, 1.807) is 43.8 Å². The molecule has 0 aromatic carbocycles. The largest absolute Gasteiger partial charge is 0.477 e. The van der Waals surface area contributed by atoms with Crippen molar-refractivity contribution in [1.29, 1.82) is 0 Å². The molecule has 2 aromatic heterocycles. The predicted octanol–water partition coefficient (Wildman–Crippen LogP) is 1.51. The molecule has 0 radical (unpaired) electrons. The van der Waals surface area contributed by atoms with Crippen molar-refractivity contribution in [2.45, 2.75) is 19.9 Å². The summed E-state index contributed by atoms with van der Waals surface area (Å²) in [7, 11) is 1.75. The first kappa shape index (κ1) is 13.9. The van der Waals surface area contributed by atoms with Gasteiger partial charge in [-0.15, -0.1) is 0 Å². The number of rotatable bonds is 4. The maximum absolute atomic E-state index is 12.1. The molecule has 2 rings (SSSR count). The van der Waals surface area contributed by atoms with Gasteiger partial charge < -0.3 is 19.5 Å². The minimum Gasteiger partial charge on any atom is -0.477 e. The van der Waals surface area contributed by atoms with Crippen molar-refractivity contribution >= 4 is 11.9 Å². The molecule has 0 aliphatic carbocycles. The van der Waals surface area contributed by atoms with Crippen LogP contribution in [0, 0.1) is 6.92 Å². The van der Waals surface area contributed by atoms with Crippen molar-refractivity contribution in [3.63, 3.8) is 0 Å². The predicted molar refractivity (Wildman–Crippen MR) is 69.5 cm³/mol. The van der Waals surface area contributed by atoms with Gasteiger partial charge in [0.25, 0.3) is 5.91 Å². The van der Waals surface area contributed by atoms with Gasteiger partial charge in [-0.05, 0) is 26.0 Å². The zero-order chi connectivity index (χ0) is 14.9. The molecule has 2 aromatic rings. The second-order valence-electron chi connectivity index (χ2n) is 4.51. The van der Waals surface area contributed by atoms with Crippen LogP contribution in [0.3, 0.4) is 0 Å². The molecule has 0 saturated heterocycles. The summed E-state index contributed by atoms with van der Waals surface area (Å²) in [4.78, 5) is 23.2. The van der Waals surface area contributed by atoms with E-state index in [1.165, 1.54) is 0 Å². The fourth-order valence-corrected chi connectivity index (χ4v) is 1.98. The van der Waals surface area contributed by atoms with E-state index in [1.807, 2.05) is 0 Å². The number of nitrogens with one attached hydrogen (secondary N) is 1. The van der Waals surface area contributed by atoms with Crippen molar-refractivity contribution in [2.75, 3.05) is 0 Å². The lowest BCUT2D eigenvalue weighted by atomic mass is 10.1. The molecule has 0 saturated carbocycles. The lowest BCUT2D eigenvalue weighted by Crippen LogP contribution is -2.28. The summed E-state index contributed by atoms with van der Waals surface area (Å²) in [5, 5.41) is 15.5. The highest BCUT2D eigenvalue weighted by atomic mass is 16.5. The van der Waals surface area contributed by atoms with Gasteiger partial charge in [-0.25, -0.2) is 4.79 Å². The van der Waals surface area contributed by atoms with Gasteiger partial charge in [0.05, 0.1) is 11.7 Å². The second kappa shape index (κ2) is 5.20. The lowest BCUT2D eigenvalue weighted by molar-refractivity contribution is 0.0690. The first-order chi connectivity index (χ1) is 9.41. The van der Waals surface area contributed by atoms with Gasteiger partial charge in [-0.1, -0.05) is 5.16 Å². The monoisotopic (exact) mass is 277 g/mol. The Balaban J connectivity index is 2.21. The number of aryl methyl sites for hydroxylation is 2. The van der Waals surface area contributed by atoms with Crippen LogP contribution in [0.5, 0.6) is 0 Å². The topological polar surface area (TPSA) is 97.4 Å². The van der Waals surface area contributed by atoms with E-state index < -0.39 is 12.0 Å². The van der Waals surface area contributed by atoms with E-state index in [4.69, 9.17) is 9.63 Å². The number of hydrogen-bond acceptors (Lipinski definition) is 4. The maximum atomic E-state index is 12.1. The van der Waals surface area contributed by atoms with Gasteiger partial charge in [0.2, 0.25) is 0 Å². The van der Waals surface area contributed by atoms with Crippen molar-refractivity contribution in [2.24, 2.45) is 7.05 Å². The van der Waals surface area contributed by atoms with Crippen LogP contribution in [-0.4, -0.2) is 26.7 Å². The van der Waals surface area contributed by atoms with Gasteiger partial charge in [0, 0.05) is 13.2 Å². The molecule has 0 spiro atoms. The van der Waals surface area contributed by atoms with Crippen LogP contribution in [-0.2, 0) is 7.05 Å². The van der Waals surface area contributed by atoms with Crippen LogP contribution in [0.1, 0.15) is 45.3 Å². The second-order valence-corrected chi connectivity index (χ2v) is 4.51. The lowest BCUT2D eigenvalue weighted by Gasteiger charge is -2.12. The molecular weight excluding hydrogens is 262 g/mol. The molecule has 0 fully saturated rings. The number of carboxylic acids is 1. The number of nitrogens with zero attached hydrogens (tertiary/aromatic N) is 2. The maximum Gasteiger partial charge on any atom is 0.341 e. The molecule has 1 amide bonds. The SMILES string of the molecule is Cc1noc([C@@H](C)NC(=O)c2cccn2C)c1C(=O)O. The highest BCUT2D eigenvalue weighted by Crippen LogP contribution is 2.21. The van der Waals surface area contributed by atoms with Gasteiger partial charge in [-0.3, -0.25) is 4.79 Å². The third-order valence-electron chi connectivity index (χ3n) is 3.02. The first-order valence-electron chi connectivity index (χ1n) is 6.03. The molecule has 2 N–H and O–H groups in total. The quantitative estimate of drug-likeness (QED) is 0.882. The standard InChI is InChI=1S/C13H15N3O4/c1-7-10(13(18)19)11(20-15-7)8(2)14-12(17)9-5-4-6-16(9)3/h4-6,8H,1-3H3,(H,14,17)(H,18,19)/t8-/m1/s1. The number of carboxylic acid groups (broad SMARTS) is 1. The van der Waals surface area contributed by atoms with E-state index in [0.29, 0.717) is 5.69 Å². The Morgan fingerprint density at radius 2 is 2.20 bits per heavy atom. The van der Waals surface area contributed by atoms with Crippen molar-refractivity contribution in [1.82, 2.24) is 15.0 Å². The molecule has 106 valence electrons. The van der Waals surface area contributed by atoms with E-state index in [-0.39, 0.29) is 22.9 Å². The molecular formula is C13H15N3O4. The average molecular weight is 277 g/mol. The van der Waals surface area contributed by atoms with E-state index >= 15 is 0 Å². The van der Waals surface area contributed by atoms with Crippen LogP contribution >= 0.6 is 0 Å². The molecule has 7 heteroatoms. The number of carbonyl (C=O) groups is 2. The molecule has 7 nitrogen and oxygen atoms in total. The molecule has 2 heterocycles. The first-order valence-corrected chi connectivity index (χ1v) is 6.03. The Labute approximate surface area is 115 Å². The summed E-state index contributed by atoms with van der Waals surface area (Å²) in [5.41, 5.74) is 0.752. The van der Waals surface area contributed by atoms with Crippen LogP contribution in [0.4, 0.5) is 0 Å². The Morgan fingerprint density at radius 1 is 1.50 bits per heavy atom. The number of amides is 1. The van der Waals surface area contributed by atoms with E-state index in [9.17, 15) is 9.59 Å². The number of aromatic nitrogens is 2. The Hall–Kier alpha value is -2.57. The summed E-state index contributed by atoms with van der Waals surface area (Å²) in [5.74, 6) is -1.30. The molecule has 1 atom stereocenters. The Morgan fingerprint density at radius 3 is 2.75 bits per heavy atom. The fourth-order valence-electron chi connectivity index (χ4n) is 1.98. The minimum absolute atomic E-state index is 0.00955. The van der Waals surface area contributed by atoms with E-state index in [2.05, 4.69) is 10.5 Å². The summed E-state index contributed by atoms with van der Waals surface area (Å²) in [6, 6.07) is 2.83. The molecule has 0 bridgehead atoms. The van der Waals surface area contributed by atoms with Crippen molar-refractivity contribution < 1.29 is 19.2 Å². The van der Waals surface area contributed by atoms with Crippen LogP contribution in [0.25, 0.3) is 0 Å². The van der Waals surface area contributed by atoms with Crippen LogP contribution in [0.15, 0.2) is 22.9 Å². The van der Waals surface area contributed by atoms with Crippen LogP contribution < -0.4 is 5.32 Å². The zero-order valence-electron chi connectivity index (χ0n) is 11.4. The molecule has 20 heavy (non-hydrogen) atoms. The van der Waals surface area contributed by atoms with Gasteiger partial charge in [0.15, 0.2) is 5.76 Å². The zero-order valence-corrected chi connectivity index (χ0v) is 11.4. The normalized spacial score (nSPS) is 12.2. The van der Waals surface area contributed by atoms with Gasteiger partial charge >= 0.3 is 5.97 Å². The third-order valence-corrected chi connectivity index (χ3v) is 3.02. The Kier molecular flexibility index (Phi) is 3.60. The summed E-state index contributed by atoms with van der Waals surface area (Å²) >= 11 is 0. The fraction of sp³-hybridized carbons (Fsp3) is 0.308. The highest BCUT2D eigenvalue weighted by Gasteiger charge is 2.25. The molecule has 0 unspecified atom stereocenters. The number of hydrogen-bond donors (Lipinski definition) is 2. The molecule has 0 aliphatic heterocycles. The Bertz CT molecular complexity index is 656. The highest BCUT2D eigenvalue weighted by molar-refractivity contribution is 5.93. The number of aromatic carboxylic acids is 1. The summed E-state index contributed by atoms with van der Waals surface area (Å²) in [6.45, 7) is 3.19. The minimum atomic E-state index is -1.13. The smallest absolute Gasteiger partial charge is 0.341 e. The number of carbonyl (C=O) groups excluding carboxylic acids is 1. The molecule has 0 aliphatic rings. The van der Waals surface area contributed by atoms with Gasteiger partial charge in [-0.2, -0.15) is 0 Å². The summed E-state index contributed by atoms with van der Waals surface area (Å²) in [6.07, 6.45) is 1.75. The third kappa shape index (κ3) is 2.42. The van der Waals surface area contributed by atoms with E-state index in [0.717, 1.165) is 0 Å². The average Bonchev–Trinajstić information content (AvgIpc) is 2.94. The summed E-state index contributed by atoms with van der Waals surface area (Å²) < 4.78 is 6.69. The van der Waals surface area contributed by atoms with Crippen molar-refractivity contribution in [3.8, 4) is 0 Å². The van der Waals surface area contributed by atoms with Gasteiger partial charge in [0.1, 0.15) is 11.3 Å². The van der Waals surface area contributed by atoms with Crippen molar-refractivity contribution in [3.05, 3.63) is 41.0 Å². The van der Waals surface area contributed by atoms with Crippen LogP contribution in [0.2, 0.25) is 0 Å².